The minimum atomic E-state index is -3.87. The van der Waals surface area contributed by atoms with Crippen molar-refractivity contribution in [2.75, 3.05) is 10.0 Å². The highest BCUT2D eigenvalue weighted by Crippen LogP contribution is 2.28. The fourth-order valence-corrected chi connectivity index (χ4v) is 3.90. The molecule has 0 aliphatic heterocycles. The Morgan fingerprint density at radius 3 is 2.38 bits per heavy atom. The van der Waals surface area contributed by atoms with Gasteiger partial charge in [0, 0.05) is 30.7 Å². The largest absolute Gasteiger partial charge is 0.507 e. The number of nitrogens with one attached hydrogen (secondary N) is 2. The number of anilines is 2. The smallest absolute Gasteiger partial charge is 0.273 e. The fourth-order valence-electron chi connectivity index (χ4n) is 2.95. The molecule has 0 aliphatic rings. The van der Waals surface area contributed by atoms with Crippen molar-refractivity contribution in [3.05, 3.63) is 78.8 Å². The zero-order valence-corrected chi connectivity index (χ0v) is 17.6. The van der Waals surface area contributed by atoms with Crippen molar-refractivity contribution < 1.29 is 18.3 Å². The molecule has 3 N–H and O–H groups in total. The summed E-state index contributed by atoms with van der Waals surface area (Å²) >= 11 is 0. The second kappa shape index (κ2) is 8.47. The third kappa shape index (κ3) is 4.42. The Morgan fingerprint density at radius 2 is 1.69 bits per heavy atom. The molecule has 162 valence electrons. The molecular formula is C21H18N6O4S. The predicted octanol–water partition coefficient (Wildman–Crippen LogP) is 2.64. The molecule has 0 unspecified atom stereocenters. The third-order valence-electron chi connectivity index (χ3n) is 4.51. The number of nitrogens with zero attached hydrogens (tertiary/aromatic N) is 4. The average molecular weight is 450 g/mol. The van der Waals surface area contributed by atoms with Gasteiger partial charge in [-0.15, -0.1) is 0 Å². The molecule has 1 amide bonds. The summed E-state index contributed by atoms with van der Waals surface area (Å²) in [5.41, 5.74) is 1.62. The molecule has 4 aromatic rings. The van der Waals surface area contributed by atoms with Crippen LogP contribution in [0.15, 0.2) is 78.0 Å². The van der Waals surface area contributed by atoms with Crippen molar-refractivity contribution in [2.24, 2.45) is 7.05 Å². The number of carbonyl (C=O) groups is 1. The molecule has 0 bridgehead atoms. The minimum absolute atomic E-state index is 0.00896. The van der Waals surface area contributed by atoms with Crippen LogP contribution in [0, 0.1) is 0 Å². The minimum Gasteiger partial charge on any atom is -0.507 e. The number of aromatic hydroxyl groups is 1. The van der Waals surface area contributed by atoms with E-state index in [1.54, 1.807) is 37.4 Å². The number of phenolic OH excluding ortho intramolecular Hbond substituents is 1. The van der Waals surface area contributed by atoms with Gasteiger partial charge in [-0.1, -0.05) is 12.1 Å². The van der Waals surface area contributed by atoms with Crippen molar-refractivity contribution in [1.29, 1.82) is 0 Å². The van der Waals surface area contributed by atoms with Crippen LogP contribution in [0.5, 0.6) is 5.75 Å². The predicted molar refractivity (Wildman–Crippen MR) is 118 cm³/mol. The summed E-state index contributed by atoms with van der Waals surface area (Å²) in [5.74, 6) is -0.418. The lowest BCUT2D eigenvalue weighted by atomic mass is 10.1. The number of hydrogen-bond acceptors (Lipinski definition) is 7. The Bertz CT molecular complexity index is 1370. The summed E-state index contributed by atoms with van der Waals surface area (Å²) in [6.45, 7) is 0. The molecule has 2 aromatic carbocycles. The number of hydrogen-bond donors (Lipinski definition) is 3. The molecule has 0 spiro atoms. The first-order valence-electron chi connectivity index (χ1n) is 9.37. The number of aryl methyl sites for hydroxylation is 1. The quantitative estimate of drug-likeness (QED) is 0.410. The number of aromatic nitrogens is 4. The molecule has 0 saturated heterocycles. The number of amides is 1. The van der Waals surface area contributed by atoms with Crippen LogP contribution >= 0.6 is 0 Å². The molecule has 2 heterocycles. The van der Waals surface area contributed by atoms with Gasteiger partial charge < -0.3 is 10.4 Å². The highest BCUT2D eigenvalue weighted by molar-refractivity contribution is 7.92. The summed E-state index contributed by atoms with van der Waals surface area (Å²) in [4.78, 5) is 20.4. The van der Waals surface area contributed by atoms with E-state index in [1.165, 1.54) is 47.4 Å². The maximum Gasteiger partial charge on any atom is 0.273 e. The number of phenols is 1. The van der Waals surface area contributed by atoms with E-state index in [-0.39, 0.29) is 22.3 Å². The fraction of sp³-hybridized carbons (Fsp3) is 0.0476. The lowest BCUT2D eigenvalue weighted by Crippen LogP contribution is -2.17. The molecular weight excluding hydrogens is 432 g/mol. The Morgan fingerprint density at radius 1 is 1.00 bits per heavy atom. The average Bonchev–Trinajstić information content (AvgIpc) is 3.16. The SMILES string of the molecule is Cn1nc(-c2ccccc2O)cc1C(=O)Nc1ccc(S(=O)(=O)Nc2ncccn2)cc1. The van der Waals surface area contributed by atoms with E-state index in [0.717, 1.165) is 0 Å². The first kappa shape index (κ1) is 21.0. The highest BCUT2D eigenvalue weighted by atomic mass is 32.2. The van der Waals surface area contributed by atoms with E-state index < -0.39 is 15.9 Å². The maximum atomic E-state index is 12.7. The Labute approximate surface area is 183 Å². The Kier molecular flexibility index (Phi) is 5.56. The first-order chi connectivity index (χ1) is 15.3. The van der Waals surface area contributed by atoms with Crippen molar-refractivity contribution in [3.8, 4) is 17.0 Å². The molecule has 32 heavy (non-hydrogen) atoms. The highest BCUT2D eigenvalue weighted by Gasteiger charge is 2.18. The zero-order chi connectivity index (χ0) is 22.7. The number of para-hydroxylation sites is 1. The van der Waals surface area contributed by atoms with Crippen LogP contribution in [0.3, 0.4) is 0 Å². The molecule has 0 fully saturated rings. The van der Waals surface area contributed by atoms with E-state index in [4.69, 9.17) is 0 Å². The molecule has 0 saturated carbocycles. The summed E-state index contributed by atoms with van der Waals surface area (Å²) in [7, 11) is -2.26. The van der Waals surface area contributed by atoms with Gasteiger partial charge in [-0.05, 0) is 48.5 Å². The summed E-state index contributed by atoms with van der Waals surface area (Å²) in [6, 6.07) is 15.5. The summed E-state index contributed by atoms with van der Waals surface area (Å²) in [5, 5.41) is 17.0. The Hall–Kier alpha value is -4.25. The second-order valence-corrected chi connectivity index (χ2v) is 8.39. The van der Waals surface area contributed by atoms with E-state index >= 15 is 0 Å². The van der Waals surface area contributed by atoms with Gasteiger partial charge in [-0.2, -0.15) is 5.10 Å². The van der Waals surface area contributed by atoms with Gasteiger partial charge in [0.05, 0.1) is 10.6 Å². The van der Waals surface area contributed by atoms with Crippen LogP contribution in [0.4, 0.5) is 11.6 Å². The van der Waals surface area contributed by atoms with E-state index in [1.807, 2.05) is 0 Å². The van der Waals surface area contributed by atoms with Gasteiger partial charge >= 0.3 is 0 Å². The molecule has 11 heteroatoms. The number of carbonyl (C=O) groups excluding carboxylic acids is 1. The van der Waals surface area contributed by atoms with Gasteiger partial charge in [0.25, 0.3) is 15.9 Å². The topological polar surface area (TPSA) is 139 Å². The molecule has 10 nitrogen and oxygen atoms in total. The van der Waals surface area contributed by atoms with Crippen molar-refractivity contribution in [2.45, 2.75) is 4.90 Å². The lowest BCUT2D eigenvalue weighted by molar-refractivity contribution is 0.101. The van der Waals surface area contributed by atoms with Gasteiger partial charge in [0.15, 0.2) is 0 Å². The molecule has 2 aromatic heterocycles. The monoisotopic (exact) mass is 450 g/mol. The van der Waals surface area contributed by atoms with Crippen LogP contribution in [0.1, 0.15) is 10.5 Å². The van der Waals surface area contributed by atoms with Crippen LogP contribution in [0.2, 0.25) is 0 Å². The number of sulfonamides is 1. The first-order valence-corrected chi connectivity index (χ1v) is 10.9. The zero-order valence-electron chi connectivity index (χ0n) is 16.8. The van der Waals surface area contributed by atoms with Crippen molar-refractivity contribution >= 4 is 27.6 Å². The Balaban J connectivity index is 1.49. The molecule has 0 radical (unpaired) electrons. The molecule has 4 rings (SSSR count). The number of rotatable bonds is 6. The van der Waals surface area contributed by atoms with Gasteiger partial charge in [-0.3, -0.25) is 9.48 Å². The molecule has 0 aliphatic carbocycles. The van der Waals surface area contributed by atoms with Crippen LogP contribution < -0.4 is 10.0 Å². The summed E-state index contributed by atoms with van der Waals surface area (Å²) in [6.07, 6.45) is 2.85. The van der Waals surface area contributed by atoms with Gasteiger partial charge in [0.1, 0.15) is 11.4 Å². The lowest BCUT2D eigenvalue weighted by Gasteiger charge is -2.08. The van der Waals surface area contributed by atoms with Crippen molar-refractivity contribution in [3.63, 3.8) is 0 Å². The van der Waals surface area contributed by atoms with E-state index in [0.29, 0.717) is 16.9 Å². The van der Waals surface area contributed by atoms with E-state index in [9.17, 15) is 18.3 Å². The summed E-state index contributed by atoms with van der Waals surface area (Å²) < 4.78 is 28.6. The second-order valence-electron chi connectivity index (χ2n) is 6.71. The van der Waals surface area contributed by atoms with Gasteiger partial charge in [-0.25, -0.2) is 23.1 Å². The van der Waals surface area contributed by atoms with Crippen LogP contribution in [-0.2, 0) is 17.1 Å². The normalized spacial score (nSPS) is 11.2. The standard InChI is InChI=1S/C21H18N6O4S/c1-27-18(13-17(25-27)16-5-2-3-6-19(16)28)20(29)24-14-7-9-15(10-8-14)32(30,31)26-21-22-11-4-12-23-21/h2-13,28H,1H3,(H,24,29)(H,22,23,26). The molecule has 0 atom stereocenters. The number of benzene rings is 2. The maximum absolute atomic E-state index is 12.7. The third-order valence-corrected chi connectivity index (χ3v) is 5.85. The van der Waals surface area contributed by atoms with Crippen LogP contribution in [-0.4, -0.2) is 39.2 Å². The van der Waals surface area contributed by atoms with Crippen molar-refractivity contribution in [1.82, 2.24) is 19.7 Å². The van der Waals surface area contributed by atoms with Crippen LogP contribution in [0.25, 0.3) is 11.3 Å². The van der Waals surface area contributed by atoms with Gasteiger partial charge in [0.2, 0.25) is 5.95 Å². The van der Waals surface area contributed by atoms with E-state index in [2.05, 4.69) is 25.1 Å².